The van der Waals surface area contributed by atoms with Crippen LogP contribution in [0.5, 0.6) is 0 Å². The van der Waals surface area contributed by atoms with E-state index < -0.39 is 0 Å². The van der Waals surface area contributed by atoms with E-state index in [0.29, 0.717) is 13.0 Å². The van der Waals surface area contributed by atoms with Gasteiger partial charge >= 0.3 is 11.9 Å². The molecule has 0 fully saturated rings. The number of carbonyl (C=O) groups excluding carboxylic acids is 2. The molecule has 0 aliphatic rings. The number of esters is 2. The van der Waals surface area contributed by atoms with E-state index in [-0.39, 0.29) is 18.0 Å². The molecular formula is C24H44O4. The summed E-state index contributed by atoms with van der Waals surface area (Å²) in [5.74, 6) is -0.225. The molecule has 0 rings (SSSR count). The maximum absolute atomic E-state index is 11.5. The van der Waals surface area contributed by atoms with Gasteiger partial charge < -0.3 is 9.47 Å². The van der Waals surface area contributed by atoms with Crippen LogP contribution in [0.4, 0.5) is 0 Å². The van der Waals surface area contributed by atoms with Crippen LogP contribution in [0.1, 0.15) is 117 Å². The van der Waals surface area contributed by atoms with Crippen molar-refractivity contribution in [2.24, 2.45) is 0 Å². The Labute approximate surface area is 173 Å². The number of allylic oxidation sites excluding steroid dienone is 1. The maximum Gasteiger partial charge on any atom is 0.305 e. The number of hydrogen-bond acceptors (Lipinski definition) is 4. The molecule has 4 heteroatoms. The van der Waals surface area contributed by atoms with E-state index in [1.807, 2.05) is 0 Å². The second-order valence-corrected chi connectivity index (χ2v) is 7.67. The van der Waals surface area contributed by atoms with Crippen molar-refractivity contribution in [2.45, 2.75) is 123 Å². The highest BCUT2D eigenvalue weighted by Gasteiger charge is 2.09. The first-order valence-electron chi connectivity index (χ1n) is 11.6. The molecule has 0 bridgehead atoms. The quantitative estimate of drug-likeness (QED) is 0.135. The van der Waals surface area contributed by atoms with Gasteiger partial charge in [-0.25, -0.2) is 0 Å². The lowest BCUT2D eigenvalue weighted by molar-refractivity contribution is -0.146. The monoisotopic (exact) mass is 396 g/mol. The van der Waals surface area contributed by atoms with Crippen molar-refractivity contribution in [1.29, 1.82) is 0 Å². The molecular weight excluding hydrogens is 352 g/mol. The summed E-state index contributed by atoms with van der Waals surface area (Å²) in [7, 11) is 0. The molecule has 0 saturated heterocycles. The van der Waals surface area contributed by atoms with Crippen molar-refractivity contribution in [3.05, 3.63) is 12.2 Å². The summed E-state index contributed by atoms with van der Waals surface area (Å²) in [6.45, 7) is 6.36. The largest absolute Gasteiger partial charge is 0.466 e. The van der Waals surface area contributed by atoms with Gasteiger partial charge in [-0.2, -0.15) is 0 Å². The van der Waals surface area contributed by atoms with Crippen LogP contribution < -0.4 is 0 Å². The van der Waals surface area contributed by atoms with Crippen molar-refractivity contribution in [3.8, 4) is 0 Å². The second kappa shape index (κ2) is 20.4. The van der Waals surface area contributed by atoms with Crippen LogP contribution >= 0.6 is 0 Å². The molecule has 0 N–H and O–H groups in total. The van der Waals surface area contributed by atoms with Crippen molar-refractivity contribution in [3.63, 3.8) is 0 Å². The Morgan fingerprint density at radius 1 is 0.821 bits per heavy atom. The standard InChI is InChI=1S/C24H44O4/c1-4-6-8-15-18-23(28-22(3)25)19-16-13-11-9-10-12-14-17-20-24(26)27-21-7-5-2/h13,16,23H,4-12,14-15,17-21H2,1-3H3/b16-13-. The normalized spacial score (nSPS) is 12.2. The average Bonchev–Trinajstić information content (AvgIpc) is 2.66. The number of hydrogen-bond donors (Lipinski definition) is 0. The number of rotatable bonds is 19. The highest BCUT2D eigenvalue weighted by atomic mass is 16.5. The fraction of sp³-hybridized carbons (Fsp3) is 0.833. The summed E-state index contributed by atoms with van der Waals surface area (Å²) in [5.41, 5.74) is 0. The smallest absolute Gasteiger partial charge is 0.305 e. The van der Waals surface area contributed by atoms with Crippen molar-refractivity contribution >= 4 is 11.9 Å². The molecule has 0 aromatic rings. The summed E-state index contributed by atoms with van der Waals surface area (Å²) < 4.78 is 10.6. The van der Waals surface area contributed by atoms with Gasteiger partial charge in [0.1, 0.15) is 6.10 Å². The predicted octanol–water partition coefficient (Wildman–Crippen LogP) is 6.91. The van der Waals surface area contributed by atoms with Crippen LogP contribution in [0.2, 0.25) is 0 Å². The van der Waals surface area contributed by atoms with E-state index in [1.165, 1.54) is 45.4 Å². The van der Waals surface area contributed by atoms with Gasteiger partial charge in [0.2, 0.25) is 0 Å². The minimum atomic E-state index is -0.178. The van der Waals surface area contributed by atoms with Gasteiger partial charge in [0, 0.05) is 19.8 Å². The van der Waals surface area contributed by atoms with Gasteiger partial charge in [0.05, 0.1) is 6.61 Å². The summed E-state index contributed by atoms with van der Waals surface area (Å²) >= 11 is 0. The maximum atomic E-state index is 11.5. The molecule has 1 unspecified atom stereocenters. The molecule has 0 aromatic carbocycles. The minimum Gasteiger partial charge on any atom is -0.466 e. The molecule has 28 heavy (non-hydrogen) atoms. The first-order valence-corrected chi connectivity index (χ1v) is 11.6. The SMILES string of the molecule is CCCCCCC(C/C=C\CCCCCCCC(=O)OCCCC)OC(C)=O. The van der Waals surface area contributed by atoms with Crippen LogP contribution in [0, 0.1) is 0 Å². The molecule has 4 nitrogen and oxygen atoms in total. The first-order chi connectivity index (χ1) is 13.6. The van der Waals surface area contributed by atoms with Crippen LogP contribution in [-0.4, -0.2) is 24.6 Å². The number of ether oxygens (including phenoxy) is 2. The Morgan fingerprint density at radius 2 is 1.50 bits per heavy atom. The zero-order chi connectivity index (χ0) is 20.9. The average molecular weight is 397 g/mol. The molecule has 0 heterocycles. The third kappa shape index (κ3) is 19.4. The molecule has 1 atom stereocenters. The van der Waals surface area contributed by atoms with E-state index >= 15 is 0 Å². The topological polar surface area (TPSA) is 52.6 Å². The minimum absolute atomic E-state index is 0.0303. The third-order valence-corrected chi connectivity index (χ3v) is 4.79. The molecule has 0 amide bonds. The molecule has 0 spiro atoms. The van der Waals surface area contributed by atoms with E-state index in [1.54, 1.807) is 0 Å². The van der Waals surface area contributed by atoms with Gasteiger partial charge in [-0.1, -0.05) is 70.9 Å². The zero-order valence-electron chi connectivity index (χ0n) is 18.7. The Morgan fingerprint density at radius 3 is 2.21 bits per heavy atom. The fourth-order valence-corrected chi connectivity index (χ4v) is 3.09. The highest BCUT2D eigenvalue weighted by molar-refractivity contribution is 5.69. The van der Waals surface area contributed by atoms with E-state index in [4.69, 9.17) is 9.47 Å². The Hall–Kier alpha value is -1.32. The van der Waals surface area contributed by atoms with Gasteiger partial charge in [-0.05, 0) is 38.5 Å². The summed E-state index contributed by atoms with van der Waals surface area (Å²) in [6, 6.07) is 0. The van der Waals surface area contributed by atoms with Crippen LogP contribution in [0.25, 0.3) is 0 Å². The van der Waals surface area contributed by atoms with E-state index in [9.17, 15) is 9.59 Å². The van der Waals surface area contributed by atoms with Crippen molar-refractivity contribution in [1.82, 2.24) is 0 Å². The second-order valence-electron chi connectivity index (χ2n) is 7.67. The first kappa shape index (κ1) is 26.7. The summed E-state index contributed by atoms with van der Waals surface area (Å²) in [4.78, 5) is 22.7. The lowest BCUT2D eigenvalue weighted by atomic mass is 10.1. The lowest BCUT2D eigenvalue weighted by Crippen LogP contribution is -2.15. The van der Waals surface area contributed by atoms with Crippen molar-refractivity contribution < 1.29 is 19.1 Å². The van der Waals surface area contributed by atoms with Gasteiger partial charge in [0.25, 0.3) is 0 Å². The third-order valence-electron chi connectivity index (χ3n) is 4.79. The van der Waals surface area contributed by atoms with Crippen LogP contribution in [0.15, 0.2) is 12.2 Å². The highest BCUT2D eigenvalue weighted by Crippen LogP contribution is 2.13. The van der Waals surface area contributed by atoms with Crippen molar-refractivity contribution in [2.75, 3.05) is 6.61 Å². The lowest BCUT2D eigenvalue weighted by Gasteiger charge is -2.15. The Bertz CT molecular complexity index is 403. The van der Waals surface area contributed by atoms with Crippen LogP contribution in [-0.2, 0) is 19.1 Å². The van der Waals surface area contributed by atoms with Crippen LogP contribution in [0.3, 0.4) is 0 Å². The number of unbranched alkanes of at least 4 members (excludes halogenated alkanes) is 9. The fourth-order valence-electron chi connectivity index (χ4n) is 3.09. The molecule has 0 radical (unpaired) electrons. The molecule has 0 aliphatic carbocycles. The molecule has 0 aromatic heterocycles. The number of carbonyl (C=O) groups is 2. The summed E-state index contributed by atoms with van der Waals surface area (Å²) in [6.07, 6.45) is 20.2. The summed E-state index contributed by atoms with van der Waals surface area (Å²) in [5, 5.41) is 0. The van der Waals surface area contributed by atoms with E-state index in [0.717, 1.165) is 51.4 Å². The van der Waals surface area contributed by atoms with Gasteiger partial charge in [-0.3, -0.25) is 9.59 Å². The Kier molecular flexibility index (Phi) is 19.5. The zero-order valence-corrected chi connectivity index (χ0v) is 18.7. The van der Waals surface area contributed by atoms with Gasteiger partial charge in [-0.15, -0.1) is 0 Å². The predicted molar refractivity (Wildman–Crippen MR) is 116 cm³/mol. The molecule has 164 valence electrons. The molecule has 0 aliphatic heterocycles. The molecule has 0 saturated carbocycles. The Balaban J connectivity index is 3.64. The van der Waals surface area contributed by atoms with Gasteiger partial charge in [0.15, 0.2) is 0 Å². The van der Waals surface area contributed by atoms with E-state index in [2.05, 4.69) is 26.0 Å².